The number of rotatable bonds is 5. The molecule has 3 rings (SSSR count). The minimum atomic E-state index is -0.309. The first-order valence-electron chi connectivity index (χ1n) is 7.04. The van der Waals surface area contributed by atoms with Crippen molar-refractivity contribution < 1.29 is 9.21 Å². The van der Waals surface area contributed by atoms with Crippen LogP contribution in [0.5, 0.6) is 0 Å². The van der Waals surface area contributed by atoms with Crippen molar-refractivity contribution in [2.45, 2.75) is 17.8 Å². The molecule has 0 bridgehead atoms. The van der Waals surface area contributed by atoms with Crippen molar-refractivity contribution >= 4 is 23.5 Å². The third kappa shape index (κ3) is 3.81. The second kappa shape index (κ2) is 6.70. The van der Waals surface area contributed by atoms with Gasteiger partial charge in [0.1, 0.15) is 11.6 Å². The molecule has 0 aliphatic rings. The van der Waals surface area contributed by atoms with Gasteiger partial charge in [-0.05, 0) is 36.8 Å². The Morgan fingerprint density at radius 2 is 2.17 bits per heavy atom. The number of amides is 1. The maximum Gasteiger partial charge on any atom is 0.292 e. The molecule has 0 spiro atoms. The molecular formula is C16H16N4O2S. The molecule has 0 saturated heterocycles. The highest BCUT2D eigenvalue weighted by molar-refractivity contribution is 7.98. The Bertz CT molecular complexity index is 825. The molecule has 6 nitrogen and oxygen atoms in total. The summed E-state index contributed by atoms with van der Waals surface area (Å²) in [7, 11) is 1.94. The van der Waals surface area contributed by atoms with Crippen LogP contribution in [0.1, 0.15) is 21.9 Å². The number of nitrogens with zero attached hydrogens (tertiary/aromatic N) is 3. The van der Waals surface area contributed by atoms with E-state index in [1.165, 1.54) is 0 Å². The number of nitrogens with one attached hydrogen (secondary N) is 1. The lowest BCUT2D eigenvalue weighted by Crippen LogP contribution is -2.12. The minimum absolute atomic E-state index is 0.267. The van der Waals surface area contributed by atoms with Crippen molar-refractivity contribution in [1.82, 2.24) is 14.5 Å². The van der Waals surface area contributed by atoms with Gasteiger partial charge in [0.15, 0.2) is 10.9 Å². The van der Waals surface area contributed by atoms with E-state index in [2.05, 4.69) is 15.3 Å². The number of aromatic nitrogens is 3. The second-order valence-electron chi connectivity index (χ2n) is 5.05. The number of anilines is 1. The number of thioether (sulfide) groups is 1. The summed E-state index contributed by atoms with van der Waals surface area (Å²) < 4.78 is 7.52. The molecule has 1 N–H and O–H groups in total. The molecule has 3 aromatic rings. The third-order valence-corrected chi connectivity index (χ3v) is 4.24. The third-order valence-electron chi connectivity index (χ3n) is 3.16. The predicted molar refractivity (Wildman–Crippen MR) is 88.4 cm³/mol. The topological polar surface area (TPSA) is 73.0 Å². The Morgan fingerprint density at radius 3 is 2.91 bits per heavy atom. The standard InChI is InChI=1S/C16H16N4O2S/c1-11-5-6-17-14(9-11)19-15(21)13-4-3-12(22-13)10-23-16-18-7-8-20(16)2/h3-9H,10H2,1-2H3,(H,17,19,21). The van der Waals surface area contributed by atoms with Crippen LogP contribution in [-0.4, -0.2) is 20.4 Å². The maximum atomic E-state index is 12.2. The van der Waals surface area contributed by atoms with Crippen LogP contribution in [0.4, 0.5) is 5.82 Å². The highest BCUT2D eigenvalue weighted by atomic mass is 32.2. The first kappa shape index (κ1) is 15.4. The van der Waals surface area contributed by atoms with Crippen molar-refractivity contribution in [2.24, 2.45) is 7.05 Å². The molecule has 0 aliphatic heterocycles. The van der Waals surface area contributed by atoms with E-state index < -0.39 is 0 Å². The molecule has 0 aliphatic carbocycles. The van der Waals surface area contributed by atoms with E-state index >= 15 is 0 Å². The number of aryl methyl sites for hydroxylation is 2. The Morgan fingerprint density at radius 1 is 1.30 bits per heavy atom. The zero-order valence-electron chi connectivity index (χ0n) is 12.8. The summed E-state index contributed by atoms with van der Waals surface area (Å²) in [5.41, 5.74) is 1.03. The first-order chi connectivity index (χ1) is 11.1. The zero-order valence-corrected chi connectivity index (χ0v) is 13.6. The van der Waals surface area contributed by atoms with Crippen LogP contribution in [0, 0.1) is 6.92 Å². The van der Waals surface area contributed by atoms with Gasteiger partial charge < -0.3 is 14.3 Å². The smallest absolute Gasteiger partial charge is 0.292 e. The van der Waals surface area contributed by atoms with Gasteiger partial charge in [0.25, 0.3) is 5.91 Å². The quantitative estimate of drug-likeness (QED) is 0.728. The van der Waals surface area contributed by atoms with Crippen LogP contribution in [0.25, 0.3) is 0 Å². The van der Waals surface area contributed by atoms with Crippen LogP contribution < -0.4 is 5.32 Å². The van der Waals surface area contributed by atoms with E-state index in [1.807, 2.05) is 30.8 Å². The van der Waals surface area contributed by atoms with Gasteiger partial charge in [0.05, 0.1) is 5.75 Å². The zero-order chi connectivity index (χ0) is 16.2. The predicted octanol–water partition coefficient (Wildman–Crippen LogP) is 3.26. The number of furan rings is 1. The molecule has 23 heavy (non-hydrogen) atoms. The van der Waals surface area contributed by atoms with Crippen molar-refractivity contribution in [3.8, 4) is 0 Å². The van der Waals surface area contributed by atoms with E-state index in [-0.39, 0.29) is 11.7 Å². The fourth-order valence-corrected chi connectivity index (χ4v) is 2.81. The van der Waals surface area contributed by atoms with Crippen molar-refractivity contribution in [2.75, 3.05) is 5.32 Å². The van der Waals surface area contributed by atoms with Crippen LogP contribution in [0.15, 0.2) is 52.4 Å². The van der Waals surface area contributed by atoms with Crippen molar-refractivity contribution in [1.29, 1.82) is 0 Å². The molecule has 3 heterocycles. The Hall–Kier alpha value is -2.54. The molecule has 0 radical (unpaired) electrons. The number of carbonyl (C=O) groups is 1. The summed E-state index contributed by atoms with van der Waals surface area (Å²) in [6, 6.07) is 7.14. The fourth-order valence-electron chi connectivity index (χ4n) is 1.99. The molecule has 0 aromatic carbocycles. The molecule has 0 fully saturated rings. The van der Waals surface area contributed by atoms with E-state index in [0.29, 0.717) is 11.6 Å². The number of imidazole rings is 1. The summed E-state index contributed by atoms with van der Waals surface area (Å²) in [5.74, 6) is 1.80. The lowest BCUT2D eigenvalue weighted by atomic mass is 10.3. The summed E-state index contributed by atoms with van der Waals surface area (Å²) >= 11 is 1.55. The molecule has 0 saturated carbocycles. The highest BCUT2D eigenvalue weighted by Crippen LogP contribution is 2.22. The molecule has 1 amide bonds. The van der Waals surface area contributed by atoms with Gasteiger partial charge in [-0.2, -0.15) is 0 Å². The van der Waals surface area contributed by atoms with E-state index in [9.17, 15) is 4.79 Å². The van der Waals surface area contributed by atoms with Gasteiger partial charge in [-0.1, -0.05) is 11.8 Å². The summed E-state index contributed by atoms with van der Waals surface area (Å²) in [4.78, 5) is 20.5. The molecule has 3 aromatic heterocycles. The summed E-state index contributed by atoms with van der Waals surface area (Å²) in [5, 5.41) is 3.62. The number of carbonyl (C=O) groups excluding carboxylic acids is 1. The van der Waals surface area contributed by atoms with Gasteiger partial charge in [-0.3, -0.25) is 4.79 Å². The SMILES string of the molecule is Cc1ccnc(NC(=O)c2ccc(CSc3nccn3C)o2)c1. The van der Waals surface area contributed by atoms with Crippen LogP contribution in [-0.2, 0) is 12.8 Å². The normalized spacial score (nSPS) is 10.7. The largest absolute Gasteiger partial charge is 0.455 e. The maximum absolute atomic E-state index is 12.2. The van der Waals surface area contributed by atoms with Gasteiger partial charge >= 0.3 is 0 Å². The average Bonchev–Trinajstić information content (AvgIpc) is 3.14. The van der Waals surface area contributed by atoms with Crippen molar-refractivity contribution in [3.05, 3.63) is 59.9 Å². The molecule has 7 heteroatoms. The average molecular weight is 328 g/mol. The summed E-state index contributed by atoms with van der Waals surface area (Å²) in [6.45, 7) is 1.94. The van der Waals surface area contributed by atoms with Crippen LogP contribution in [0.2, 0.25) is 0 Å². The number of pyridine rings is 1. The van der Waals surface area contributed by atoms with Gasteiger partial charge in [-0.15, -0.1) is 0 Å². The fraction of sp³-hybridized carbons (Fsp3) is 0.188. The monoisotopic (exact) mass is 328 g/mol. The van der Waals surface area contributed by atoms with Gasteiger partial charge in [0.2, 0.25) is 0 Å². The highest BCUT2D eigenvalue weighted by Gasteiger charge is 2.13. The van der Waals surface area contributed by atoms with E-state index in [0.717, 1.165) is 16.5 Å². The molecule has 0 unspecified atom stereocenters. The van der Waals surface area contributed by atoms with E-state index in [1.54, 1.807) is 42.4 Å². The van der Waals surface area contributed by atoms with Crippen molar-refractivity contribution in [3.63, 3.8) is 0 Å². The number of hydrogen-bond donors (Lipinski definition) is 1. The second-order valence-corrected chi connectivity index (χ2v) is 5.99. The Kier molecular flexibility index (Phi) is 4.47. The molecular weight excluding hydrogens is 312 g/mol. The minimum Gasteiger partial charge on any atom is -0.455 e. The molecule has 0 atom stereocenters. The Balaban J connectivity index is 1.62. The first-order valence-corrected chi connectivity index (χ1v) is 8.03. The Labute approximate surface area is 137 Å². The van der Waals surface area contributed by atoms with Crippen LogP contribution >= 0.6 is 11.8 Å². The van der Waals surface area contributed by atoms with Crippen LogP contribution in [0.3, 0.4) is 0 Å². The number of hydrogen-bond acceptors (Lipinski definition) is 5. The lowest BCUT2D eigenvalue weighted by molar-refractivity contribution is 0.0995. The van der Waals surface area contributed by atoms with Gasteiger partial charge in [0, 0.05) is 25.6 Å². The lowest BCUT2D eigenvalue weighted by Gasteiger charge is -2.03. The summed E-state index contributed by atoms with van der Waals surface area (Å²) in [6.07, 6.45) is 5.29. The molecule has 118 valence electrons. The van der Waals surface area contributed by atoms with Gasteiger partial charge in [-0.25, -0.2) is 9.97 Å². The van der Waals surface area contributed by atoms with E-state index in [4.69, 9.17) is 4.42 Å².